The summed E-state index contributed by atoms with van der Waals surface area (Å²) in [6, 6.07) is 2.78. The van der Waals surface area contributed by atoms with E-state index in [2.05, 4.69) is 15.1 Å². The van der Waals surface area contributed by atoms with Crippen molar-refractivity contribution >= 4 is 16.9 Å². The first-order chi connectivity index (χ1) is 11.5. The molecule has 1 N–H and O–H groups in total. The monoisotopic (exact) mass is 332 g/mol. The van der Waals surface area contributed by atoms with Gasteiger partial charge in [0.05, 0.1) is 17.8 Å². The molecule has 124 valence electrons. The molecule has 1 aliphatic rings. The zero-order valence-corrected chi connectivity index (χ0v) is 12.8. The molecule has 0 unspecified atom stereocenters. The van der Waals surface area contributed by atoms with Crippen LogP contribution in [0, 0.1) is 18.6 Å². The summed E-state index contributed by atoms with van der Waals surface area (Å²) in [5.74, 6) is -0.557. The van der Waals surface area contributed by atoms with Gasteiger partial charge in [0.2, 0.25) is 0 Å². The highest BCUT2D eigenvalue weighted by Crippen LogP contribution is 2.39. The minimum Gasteiger partial charge on any atom is -0.391 e. The lowest BCUT2D eigenvalue weighted by Gasteiger charge is -2.26. The first-order valence-corrected chi connectivity index (χ1v) is 7.51. The van der Waals surface area contributed by atoms with Crippen LogP contribution in [0.5, 0.6) is 0 Å². The van der Waals surface area contributed by atoms with Gasteiger partial charge in [-0.05, 0) is 31.5 Å². The van der Waals surface area contributed by atoms with E-state index in [1.807, 2.05) is 0 Å². The maximum absolute atomic E-state index is 14.2. The van der Waals surface area contributed by atoms with E-state index < -0.39 is 23.8 Å². The third-order valence-electron chi connectivity index (χ3n) is 4.29. The average Bonchev–Trinajstić information content (AvgIpc) is 3.13. The van der Waals surface area contributed by atoms with E-state index >= 15 is 0 Å². The van der Waals surface area contributed by atoms with Gasteiger partial charge in [-0.15, -0.1) is 0 Å². The number of hydrogen-bond donors (Lipinski definition) is 1. The second-order valence-electron chi connectivity index (χ2n) is 5.87. The quantitative estimate of drug-likeness (QED) is 0.777. The molecular formula is C16H14F2N4O2. The number of halogens is 2. The Kier molecular flexibility index (Phi) is 3.42. The van der Waals surface area contributed by atoms with Gasteiger partial charge < -0.3 is 14.5 Å². The van der Waals surface area contributed by atoms with E-state index in [1.165, 1.54) is 6.33 Å². The van der Waals surface area contributed by atoms with E-state index in [0.29, 0.717) is 22.6 Å². The number of aliphatic hydroxyl groups excluding tert-OH is 1. The number of aromatic nitrogens is 3. The minimum atomic E-state index is -0.678. The summed E-state index contributed by atoms with van der Waals surface area (Å²) in [6.07, 6.45) is 0.921. The Morgan fingerprint density at radius 3 is 2.96 bits per heavy atom. The maximum atomic E-state index is 14.2. The van der Waals surface area contributed by atoms with Gasteiger partial charge in [-0.25, -0.2) is 13.8 Å². The smallest absolute Gasteiger partial charge is 0.263 e. The van der Waals surface area contributed by atoms with Gasteiger partial charge in [0, 0.05) is 12.1 Å². The van der Waals surface area contributed by atoms with Crippen LogP contribution in [0.15, 0.2) is 29.0 Å². The standard InChI is InChI=1S/C16H14F2N4O2/c1-8-14-15(19-7-20-16(14)24-21-8)22-6-10(23)5-13(22)11-4-9(17)2-3-12(11)18/h2-4,7,10,13,23H,5-6H2,1H3/t10-,13-/m1/s1. The summed E-state index contributed by atoms with van der Waals surface area (Å²) < 4.78 is 33.0. The third-order valence-corrected chi connectivity index (χ3v) is 4.29. The molecule has 0 radical (unpaired) electrons. The molecule has 4 rings (SSSR count). The minimum absolute atomic E-state index is 0.187. The van der Waals surface area contributed by atoms with Crippen LogP contribution < -0.4 is 4.90 Å². The Balaban J connectivity index is 1.86. The first kappa shape index (κ1) is 14.9. The molecule has 0 saturated carbocycles. The number of aryl methyl sites for hydroxylation is 1. The molecule has 0 spiro atoms. The van der Waals surface area contributed by atoms with E-state index in [-0.39, 0.29) is 18.5 Å². The number of aliphatic hydroxyl groups is 1. The summed E-state index contributed by atoms with van der Waals surface area (Å²) >= 11 is 0. The largest absolute Gasteiger partial charge is 0.391 e. The van der Waals surface area contributed by atoms with Crippen molar-refractivity contribution in [3.8, 4) is 0 Å². The predicted octanol–water partition coefficient (Wildman–Crippen LogP) is 2.52. The molecule has 3 heterocycles. The fourth-order valence-electron chi connectivity index (χ4n) is 3.23. The van der Waals surface area contributed by atoms with Gasteiger partial charge in [-0.1, -0.05) is 5.16 Å². The molecule has 24 heavy (non-hydrogen) atoms. The molecule has 1 fully saturated rings. The van der Waals surface area contributed by atoms with Crippen molar-refractivity contribution in [2.75, 3.05) is 11.4 Å². The molecule has 1 saturated heterocycles. The molecular weight excluding hydrogens is 318 g/mol. The molecule has 0 aliphatic carbocycles. The molecule has 2 atom stereocenters. The summed E-state index contributed by atoms with van der Waals surface area (Å²) in [7, 11) is 0. The number of fused-ring (bicyclic) bond motifs is 1. The fourth-order valence-corrected chi connectivity index (χ4v) is 3.23. The van der Waals surface area contributed by atoms with E-state index in [1.54, 1.807) is 11.8 Å². The van der Waals surface area contributed by atoms with Crippen LogP contribution in [0.3, 0.4) is 0 Å². The van der Waals surface area contributed by atoms with Gasteiger partial charge >= 0.3 is 0 Å². The fraction of sp³-hybridized carbons (Fsp3) is 0.312. The Labute approximate surface area is 135 Å². The van der Waals surface area contributed by atoms with E-state index in [4.69, 9.17) is 4.52 Å². The normalized spacial score (nSPS) is 20.9. The molecule has 1 aromatic carbocycles. The lowest BCUT2D eigenvalue weighted by Crippen LogP contribution is -2.26. The number of benzene rings is 1. The number of rotatable bonds is 2. The van der Waals surface area contributed by atoms with Crippen LogP contribution in [-0.2, 0) is 0 Å². The number of hydrogen-bond acceptors (Lipinski definition) is 6. The van der Waals surface area contributed by atoms with Gasteiger partial charge in [0.1, 0.15) is 29.2 Å². The highest BCUT2D eigenvalue weighted by atomic mass is 19.1. The summed E-state index contributed by atoms with van der Waals surface area (Å²) in [5, 5.41) is 14.6. The molecule has 6 nitrogen and oxygen atoms in total. The van der Waals surface area contributed by atoms with Crippen molar-refractivity contribution < 1.29 is 18.4 Å². The Morgan fingerprint density at radius 1 is 1.29 bits per heavy atom. The van der Waals surface area contributed by atoms with Crippen molar-refractivity contribution in [3.63, 3.8) is 0 Å². The number of anilines is 1. The average molecular weight is 332 g/mol. The third kappa shape index (κ3) is 2.30. The summed E-state index contributed by atoms with van der Waals surface area (Å²) in [5.41, 5.74) is 1.10. The summed E-state index contributed by atoms with van der Waals surface area (Å²) in [6.45, 7) is 2.00. The number of β-amino-alcohol motifs (C(OH)–C–C–N with tert-alkyl or cyclic N) is 1. The first-order valence-electron chi connectivity index (χ1n) is 7.51. The van der Waals surface area contributed by atoms with Gasteiger partial charge in [-0.2, -0.15) is 4.98 Å². The second-order valence-corrected chi connectivity index (χ2v) is 5.87. The highest BCUT2D eigenvalue weighted by molar-refractivity contribution is 5.88. The van der Waals surface area contributed by atoms with Crippen LogP contribution in [0.2, 0.25) is 0 Å². The molecule has 0 bridgehead atoms. The van der Waals surface area contributed by atoms with Crippen LogP contribution in [0.25, 0.3) is 11.1 Å². The van der Waals surface area contributed by atoms with Gasteiger partial charge in [0.25, 0.3) is 5.71 Å². The van der Waals surface area contributed by atoms with E-state index in [0.717, 1.165) is 18.2 Å². The van der Waals surface area contributed by atoms with Crippen molar-refractivity contribution in [3.05, 3.63) is 47.4 Å². The van der Waals surface area contributed by atoms with Crippen molar-refractivity contribution in [2.24, 2.45) is 0 Å². The van der Waals surface area contributed by atoms with Gasteiger partial charge in [-0.3, -0.25) is 0 Å². The lowest BCUT2D eigenvalue weighted by atomic mass is 10.0. The second kappa shape index (κ2) is 5.48. The zero-order valence-electron chi connectivity index (χ0n) is 12.8. The Hall–Kier alpha value is -2.61. The predicted molar refractivity (Wildman–Crippen MR) is 81.4 cm³/mol. The van der Waals surface area contributed by atoms with Gasteiger partial charge in [0.15, 0.2) is 0 Å². The van der Waals surface area contributed by atoms with Crippen molar-refractivity contribution in [1.29, 1.82) is 0 Å². The zero-order chi connectivity index (χ0) is 16.8. The molecule has 1 aliphatic heterocycles. The highest BCUT2D eigenvalue weighted by Gasteiger charge is 2.36. The van der Waals surface area contributed by atoms with Crippen LogP contribution in [0.1, 0.15) is 23.7 Å². The molecule has 3 aromatic rings. The lowest BCUT2D eigenvalue weighted by molar-refractivity contribution is 0.194. The van der Waals surface area contributed by atoms with Crippen molar-refractivity contribution in [2.45, 2.75) is 25.5 Å². The van der Waals surface area contributed by atoms with Crippen molar-refractivity contribution in [1.82, 2.24) is 15.1 Å². The number of nitrogens with zero attached hydrogens (tertiary/aromatic N) is 4. The van der Waals surface area contributed by atoms with Crippen LogP contribution >= 0.6 is 0 Å². The summed E-state index contributed by atoms with van der Waals surface area (Å²) in [4.78, 5) is 10.0. The molecule has 0 amide bonds. The van der Waals surface area contributed by atoms with Crippen LogP contribution in [-0.4, -0.2) is 32.9 Å². The Bertz CT molecular complexity index is 914. The topological polar surface area (TPSA) is 75.3 Å². The molecule has 2 aromatic heterocycles. The van der Waals surface area contributed by atoms with E-state index in [9.17, 15) is 13.9 Å². The maximum Gasteiger partial charge on any atom is 0.263 e. The molecule has 8 heteroatoms. The SMILES string of the molecule is Cc1noc2ncnc(N3C[C@H](O)C[C@@H]3c3cc(F)ccc3F)c12. The Morgan fingerprint density at radius 2 is 2.12 bits per heavy atom. The van der Waals surface area contributed by atoms with Crippen LogP contribution in [0.4, 0.5) is 14.6 Å².